The summed E-state index contributed by atoms with van der Waals surface area (Å²) in [6, 6.07) is 0. The van der Waals surface area contributed by atoms with Crippen LogP contribution in [-0.4, -0.2) is 60.5 Å². The normalized spacial score (nSPS) is 14.6. The van der Waals surface area contributed by atoms with E-state index in [-0.39, 0.29) is 39.0 Å². The number of esters is 2. The van der Waals surface area contributed by atoms with Crippen molar-refractivity contribution in [3.05, 3.63) is 85.1 Å². The van der Waals surface area contributed by atoms with Gasteiger partial charge < -0.3 is 25.2 Å². The summed E-state index contributed by atoms with van der Waals surface area (Å²) in [7, 11) is -4.44. The van der Waals surface area contributed by atoms with Gasteiger partial charge in [0.1, 0.15) is 6.61 Å². The van der Waals surface area contributed by atoms with Gasteiger partial charge in [-0.25, -0.2) is 4.57 Å². The number of hydrogen-bond acceptors (Lipinski definition) is 9. The minimum Gasteiger partial charge on any atom is -0.462 e. The summed E-state index contributed by atoms with van der Waals surface area (Å²) in [5.74, 6) is -1.12. The number of phosphoric ester groups is 1. The van der Waals surface area contributed by atoms with Gasteiger partial charge in [0, 0.05) is 19.4 Å². The molecule has 332 valence electrons. The van der Waals surface area contributed by atoms with Gasteiger partial charge in [-0.05, 0) is 70.6 Å². The van der Waals surface area contributed by atoms with Gasteiger partial charge in [-0.3, -0.25) is 18.6 Å². The van der Waals surface area contributed by atoms with Crippen molar-refractivity contribution in [3.63, 3.8) is 0 Å². The molecule has 0 aromatic carbocycles. The third-order valence-electron chi connectivity index (χ3n) is 8.88. The van der Waals surface area contributed by atoms with Gasteiger partial charge in [-0.1, -0.05) is 163 Å². The molecule has 0 aliphatic rings. The monoisotopic (exact) mass is 834 g/mol. The Morgan fingerprint density at radius 1 is 0.621 bits per heavy atom. The van der Waals surface area contributed by atoms with E-state index < -0.39 is 38.6 Å². The molecule has 0 fully saturated rings. The van der Waals surface area contributed by atoms with Crippen molar-refractivity contribution in [1.82, 2.24) is 0 Å². The summed E-state index contributed by atoms with van der Waals surface area (Å²) in [4.78, 5) is 34.9. The summed E-state index contributed by atoms with van der Waals surface area (Å²) in [5, 5.41) is 10.3. The maximum Gasteiger partial charge on any atom is 0.472 e. The molecular weight excluding hydrogens is 753 g/mol. The summed E-state index contributed by atoms with van der Waals surface area (Å²) in [5.41, 5.74) is 5.34. The maximum absolute atomic E-state index is 12.6. The number of ether oxygens (including phenoxy) is 2. The molecule has 10 nitrogen and oxygen atoms in total. The van der Waals surface area contributed by atoms with Crippen LogP contribution in [0.3, 0.4) is 0 Å². The van der Waals surface area contributed by atoms with E-state index in [4.69, 9.17) is 24.3 Å². The molecule has 0 amide bonds. The van der Waals surface area contributed by atoms with Gasteiger partial charge in [0.15, 0.2) is 6.10 Å². The third kappa shape index (κ3) is 41.3. The highest BCUT2D eigenvalue weighted by molar-refractivity contribution is 7.47. The number of aliphatic hydroxyl groups is 1. The van der Waals surface area contributed by atoms with Gasteiger partial charge in [0.05, 0.1) is 19.3 Å². The number of aliphatic hydroxyl groups excluding tert-OH is 1. The lowest BCUT2D eigenvalue weighted by atomic mass is 10.1. The first kappa shape index (κ1) is 55.2. The molecule has 0 aliphatic carbocycles. The van der Waals surface area contributed by atoms with Crippen molar-refractivity contribution in [2.24, 2.45) is 5.73 Å². The van der Waals surface area contributed by atoms with E-state index in [1.807, 2.05) is 12.2 Å². The standard InChI is InChI=1S/C47H80NO9P/c1-3-5-7-9-11-13-15-17-19-21-23-25-27-29-31-33-35-37-47(51)57-45(43-56-58(52,53)55-41-40-48)42-54-46(50)39-38-44(49)36-34-32-30-28-26-24-22-20-18-16-14-12-10-8-6-4-2/h6,8,12,14,17-20,24,26,30,32,34,36,44-45,49H,3-5,7,9-11,13,15-16,21-23,25,27-29,31,33,35,37-43,48H2,1-2H3,(H,52,53)/b8-6-,14-12-,19-17-,20-18-,26-24-,32-30-,36-34-/t44?,45-/m1/s1. The fourth-order valence-electron chi connectivity index (χ4n) is 5.56. The van der Waals surface area contributed by atoms with Crippen LogP contribution >= 0.6 is 7.82 Å². The second kappa shape index (κ2) is 42.3. The first-order valence-electron chi connectivity index (χ1n) is 22.2. The third-order valence-corrected chi connectivity index (χ3v) is 9.87. The molecule has 0 spiro atoms. The minimum absolute atomic E-state index is 0.0179. The Morgan fingerprint density at radius 2 is 1.16 bits per heavy atom. The highest BCUT2D eigenvalue weighted by Gasteiger charge is 2.26. The first-order chi connectivity index (χ1) is 28.2. The molecule has 0 radical (unpaired) electrons. The van der Waals surface area contributed by atoms with E-state index in [1.54, 1.807) is 12.2 Å². The maximum atomic E-state index is 12.6. The molecule has 58 heavy (non-hydrogen) atoms. The van der Waals surface area contributed by atoms with E-state index in [0.29, 0.717) is 6.42 Å². The van der Waals surface area contributed by atoms with Crippen LogP contribution in [0.1, 0.15) is 162 Å². The Bertz CT molecular complexity index is 1240. The minimum atomic E-state index is -4.44. The summed E-state index contributed by atoms with van der Waals surface area (Å²) in [6.07, 6.45) is 49.4. The van der Waals surface area contributed by atoms with Gasteiger partial charge in [0.25, 0.3) is 0 Å². The largest absolute Gasteiger partial charge is 0.472 e. The molecule has 0 rings (SSSR count). The zero-order valence-corrected chi connectivity index (χ0v) is 37.0. The summed E-state index contributed by atoms with van der Waals surface area (Å²) >= 11 is 0. The van der Waals surface area contributed by atoms with Gasteiger partial charge in [-0.15, -0.1) is 0 Å². The predicted molar refractivity (Wildman–Crippen MR) is 239 cm³/mol. The van der Waals surface area contributed by atoms with Crippen LogP contribution in [0, 0.1) is 0 Å². The molecule has 0 heterocycles. The van der Waals surface area contributed by atoms with Gasteiger partial charge >= 0.3 is 19.8 Å². The predicted octanol–water partition coefficient (Wildman–Crippen LogP) is 11.8. The number of unbranched alkanes of at least 4 members (excludes halogenated alkanes) is 13. The van der Waals surface area contributed by atoms with E-state index in [1.165, 1.54) is 64.2 Å². The lowest BCUT2D eigenvalue weighted by molar-refractivity contribution is -0.161. The molecule has 0 saturated carbocycles. The summed E-state index contributed by atoms with van der Waals surface area (Å²) < 4.78 is 32.6. The van der Waals surface area contributed by atoms with E-state index in [0.717, 1.165) is 57.8 Å². The van der Waals surface area contributed by atoms with Crippen LogP contribution in [0.25, 0.3) is 0 Å². The Hall–Kier alpha value is -2.85. The quantitative estimate of drug-likeness (QED) is 0.0179. The number of nitrogens with two attached hydrogens (primary N) is 1. The van der Waals surface area contributed by atoms with Crippen LogP contribution in [-0.2, 0) is 32.7 Å². The fourth-order valence-corrected chi connectivity index (χ4v) is 6.33. The average Bonchev–Trinajstić information content (AvgIpc) is 3.21. The van der Waals surface area contributed by atoms with Gasteiger partial charge in [0.2, 0.25) is 0 Å². The number of carbonyl (C=O) groups is 2. The number of carbonyl (C=O) groups excluding carboxylic acids is 2. The lowest BCUT2D eigenvalue weighted by Crippen LogP contribution is -2.29. The molecule has 4 N–H and O–H groups in total. The molecular formula is C47H80NO9P. The number of allylic oxidation sites excluding steroid dienone is 13. The van der Waals surface area contributed by atoms with Crippen molar-refractivity contribution in [1.29, 1.82) is 0 Å². The zero-order valence-electron chi connectivity index (χ0n) is 36.1. The van der Waals surface area contributed by atoms with Crippen molar-refractivity contribution in [2.45, 2.75) is 174 Å². The number of hydrogen-bond donors (Lipinski definition) is 3. The zero-order chi connectivity index (χ0) is 42.6. The van der Waals surface area contributed by atoms with E-state index in [9.17, 15) is 24.2 Å². The Kier molecular flexibility index (Phi) is 40.2. The molecule has 11 heteroatoms. The fraction of sp³-hybridized carbons (Fsp3) is 0.660. The Balaban J connectivity index is 4.39. The number of phosphoric acid groups is 1. The second-order valence-corrected chi connectivity index (χ2v) is 15.8. The van der Waals surface area contributed by atoms with Crippen molar-refractivity contribution >= 4 is 19.8 Å². The van der Waals surface area contributed by atoms with Crippen LogP contribution in [0.15, 0.2) is 85.1 Å². The molecule has 2 unspecified atom stereocenters. The SMILES string of the molecule is CC/C=C\C/C=C\C/C=C\C/C=C\C/C=C\C=C/C(O)CCC(=O)OC[C@H](COP(=O)(O)OCCN)OC(=O)CCCCCCCCC/C=C\CCCCCCCC. The van der Waals surface area contributed by atoms with Crippen molar-refractivity contribution in [2.75, 3.05) is 26.4 Å². The molecule has 3 atom stereocenters. The van der Waals surface area contributed by atoms with Crippen molar-refractivity contribution < 1.29 is 42.7 Å². The summed E-state index contributed by atoms with van der Waals surface area (Å²) in [6.45, 7) is 3.32. The number of rotatable bonds is 40. The van der Waals surface area contributed by atoms with Crippen LogP contribution in [0.4, 0.5) is 0 Å². The Morgan fingerprint density at radius 3 is 1.72 bits per heavy atom. The van der Waals surface area contributed by atoms with Crippen LogP contribution in [0.5, 0.6) is 0 Å². The van der Waals surface area contributed by atoms with Crippen LogP contribution < -0.4 is 5.73 Å². The molecule has 0 saturated heterocycles. The highest BCUT2D eigenvalue weighted by atomic mass is 31.2. The first-order valence-corrected chi connectivity index (χ1v) is 23.7. The molecule has 0 aromatic heterocycles. The molecule has 0 bridgehead atoms. The molecule has 0 aromatic rings. The Labute approximate surface area is 352 Å². The van der Waals surface area contributed by atoms with Crippen LogP contribution in [0.2, 0.25) is 0 Å². The average molecular weight is 834 g/mol. The topological polar surface area (TPSA) is 155 Å². The highest BCUT2D eigenvalue weighted by Crippen LogP contribution is 2.43. The van der Waals surface area contributed by atoms with Crippen molar-refractivity contribution in [3.8, 4) is 0 Å². The smallest absolute Gasteiger partial charge is 0.462 e. The van der Waals surface area contributed by atoms with Gasteiger partial charge in [-0.2, -0.15) is 0 Å². The molecule has 0 aliphatic heterocycles. The van der Waals surface area contributed by atoms with E-state index in [2.05, 4.69) is 74.6 Å². The lowest BCUT2D eigenvalue weighted by Gasteiger charge is -2.20. The second-order valence-electron chi connectivity index (χ2n) is 14.4. The van der Waals surface area contributed by atoms with E-state index >= 15 is 0 Å².